The number of aromatic hydroxyl groups is 1. The second-order valence-electron chi connectivity index (χ2n) is 7.64. The van der Waals surface area contributed by atoms with E-state index < -0.39 is 11.8 Å². The fourth-order valence-electron chi connectivity index (χ4n) is 3.70. The van der Waals surface area contributed by atoms with Gasteiger partial charge in [-0.15, -0.1) is 0 Å². The minimum Gasteiger partial charge on any atom is -0.507 e. The summed E-state index contributed by atoms with van der Waals surface area (Å²) >= 11 is 0. The maximum atomic E-state index is 14.3. The zero-order chi connectivity index (χ0) is 23.1. The molecule has 0 aliphatic heterocycles. The van der Waals surface area contributed by atoms with Gasteiger partial charge in [0, 0.05) is 11.1 Å². The number of hydrogen-bond acceptors (Lipinski definition) is 4. The highest BCUT2D eigenvalue weighted by atomic mass is 19.1. The molecule has 5 nitrogen and oxygen atoms in total. The number of halogens is 1. The molecule has 168 valence electrons. The van der Waals surface area contributed by atoms with Crippen molar-refractivity contribution in [1.82, 2.24) is 0 Å². The van der Waals surface area contributed by atoms with Crippen LogP contribution in [0.5, 0.6) is 17.2 Å². The number of methoxy groups -OCH3 is 1. The van der Waals surface area contributed by atoms with Crippen LogP contribution in [0.3, 0.4) is 0 Å². The zero-order valence-corrected chi connectivity index (χ0v) is 18.2. The van der Waals surface area contributed by atoms with Gasteiger partial charge in [-0.05, 0) is 59.9 Å². The van der Waals surface area contributed by atoms with Crippen molar-refractivity contribution in [3.63, 3.8) is 0 Å². The molecule has 0 aliphatic rings. The minimum atomic E-state index is -0.821. The molecule has 3 aromatic rings. The Labute approximate surface area is 187 Å². The van der Waals surface area contributed by atoms with Crippen molar-refractivity contribution in [3.8, 4) is 28.4 Å². The Morgan fingerprint density at radius 2 is 1.84 bits per heavy atom. The van der Waals surface area contributed by atoms with Crippen molar-refractivity contribution in [2.45, 2.75) is 38.7 Å². The Kier molecular flexibility index (Phi) is 7.71. The molecule has 0 saturated carbocycles. The summed E-state index contributed by atoms with van der Waals surface area (Å²) in [6, 6.07) is 16.8. The van der Waals surface area contributed by atoms with Crippen LogP contribution in [0.4, 0.5) is 4.39 Å². The first-order chi connectivity index (χ1) is 15.4. The summed E-state index contributed by atoms with van der Waals surface area (Å²) in [5.41, 5.74) is 2.26. The third-order valence-electron chi connectivity index (χ3n) is 5.32. The van der Waals surface area contributed by atoms with Crippen molar-refractivity contribution < 1.29 is 28.9 Å². The summed E-state index contributed by atoms with van der Waals surface area (Å²) in [6.45, 7) is 2.23. The fourth-order valence-corrected chi connectivity index (χ4v) is 3.70. The first-order valence-corrected chi connectivity index (χ1v) is 10.5. The van der Waals surface area contributed by atoms with E-state index in [1.165, 1.54) is 25.3 Å². The summed E-state index contributed by atoms with van der Waals surface area (Å²) in [4.78, 5) is 11.2. The molecule has 0 fully saturated rings. The molecule has 32 heavy (non-hydrogen) atoms. The molecule has 0 saturated heterocycles. The number of aliphatic carboxylic acids is 1. The molecule has 0 bridgehead atoms. The van der Waals surface area contributed by atoms with Crippen LogP contribution in [0, 0.1) is 5.82 Å². The standard InChI is InChI=1S/C26H27FO5/c1-3-5-18(14-26(29)30)19-6-4-7-21(13-19)32-16-17-8-10-22(25(28)12-17)23-15-20(31-2)9-11-24(23)27/h4,6-13,15,18,28H,3,5,14,16H2,1-2H3,(H,29,30)/t18-/m1/s1. The lowest BCUT2D eigenvalue weighted by Gasteiger charge is -2.16. The number of phenolic OH excluding ortho intramolecular Hbond substituents is 1. The van der Waals surface area contributed by atoms with Gasteiger partial charge in [-0.1, -0.05) is 37.6 Å². The van der Waals surface area contributed by atoms with Gasteiger partial charge in [-0.3, -0.25) is 4.79 Å². The van der Waals surface area contributed by atoms with Crippen molar-refractivity contribution in [1.29, 1.82) is 0 Å². The number of carboxylic acids is 1. The number of hydrogen-bond donors (Lipinski definition) is 2. The Balaban J connectivity index is 1.74. The molecule has 0 amide bonds. The van der Waals surface area contributed by atoms with Crippen LogP contribution >= 0.6 is 0 Å². The third-order valence-corrected chi connectivity index (χ3v) is 5.32. The predicted molar refractivity (Wildman–Crippen MR) is 121 cm³/mol. The van der Waals surface area contributed by atoms with Crippen LogP contribution < -0.4 is 9.47 Å². The first kappa shape index (κ1) is 23.1. The van der Waals surface area contributed by atoms with Crippen molar-refractivity contribution >= 4 is 5.97 Å². The number of ether oxygens (including phenoxy) is 2. The molecule has 1 atom stereocenters. The summed E-state index contributed by atoms with van der Waals surface area (Å²) in [5, 5.41) is 19.7. The lowest BCUT2D eigenvalue weighted by Crippen LogP contribution is -2.06. The number of carbonyl (C=O) groups is 1. The lowest BCUT2D eigenvalue weighted by atomic mass is 9.91. The highest BCUT2D eigenvalue weighted by Gasteiger charge is 2.16. The molecule has 0 heterocycles. The van der Waals surface area contributed by atoms with E-state index in [0.717, 1.165) is 24.0 Å². The smallest absolute Gasteiger partial charge is 0.303 e. The Hall–Kier alpha value is -3.54. The van der Waals surface area contributed by atoms with Gasteiger partial charge in [0.25, 0.3) is 0 Å². The molecule has 0 radical (unpaired) electrons. The van der Waals surface area contributed by atoms with Gasteiger partial charge in [0.05, 0.1) is 13.5 Å². The monoisotopic (exact) mass is 438 g/mol. The number of carboxylic acid groups (broad SMARTS) is 1. The average Bonchev–Trinajstić information content (AvgIpc) is 2.78. The Morgan fingerprint density at radius 3 is 2.53 bits per heavy atom. The molecule has 3 rings (SSSR count). The number of phenols is 1. The van der Waals surface area contributed by atoms with Crippen LogP contribution in [0.15, 0.2) is 60.7 Å². The summed E-state index contributed by atoms with van der Waals surface area (Å²) in [7, 11) is 1.50. The van der Waals surface area contributed by atoms with Gasteiger partial charge >= 0.3 is 5.97 Å². The van der Waals surface area contributed by atoms with E-state index in [1.807, 2.05) is 31.2 Å². The van der Waals surface area contributed by atoms with Crippen LogP contribution in [0.25, 0.3) is 11.1 Å². The maximum absolute atomic E-state index is 14.3. The fraction of sp³-hybridized carbons (Fsp3) is 0.269. The largest absolute Gasteiger partial charge is 0.507 e. The van der Waals surface area contributed by atoms with Gasteiger partial charge in [0.1, 0.15) is 29.7 Å². The molecule has 2 N–H and O–H groups in total. The van der Waals surface area contributed by atoms with E-state index in [-0.39, 0.29) is 30.3 Å². The minimum absolute atomic E-state index is 0.0588. The quantitative estimate of drug-likeness (QED) is 0.397. The lowest BCUT2D eigenvalue weighted by molar-refractivity contribution is -0.137. The highest BCUT2D eigenvalue weighted by Crippen LogP contribution is 2.34. The summed E-state index contributed by atoms with van der Waals surface area (Å²) < 4.78 is 25.3. The van der Waals surface area contributed by atoms with Crippen molar-refractivity contribution in [3.05, 3.63) is 77.6 Å². The van der Waals surface area contributed by atoms with E-state index in [9.17, 15) is 19.4 Å². The molecular weight excluding hydrogens is 411 g/mol. The molecule has 3 aromatic carbocycles. The molecule has 0 spiro atoms. The normalized spacial score (nSPS) is 11.7. The maximum Gasteiger partial charge on any atom is 0.303 e. The van der Waals surface area contributed by atoms with Crippen LogP contribution in [0.2, 0.25) is 0 Å². The summed E-state index contributed by atoms with van der Waals surface area (Å²) in [6.07, 6.45) is 1.75. The van der Waals surface area contributed by atoms with E-state index in [2.05, 4.69) is 0 Å². The van der Waals surface area contributed by atoms with Gasteiger partial charge in [0.2, 0.25) is 0 Å². The highest BCUT2D eigenvalue weighted by molar-refractivity contribution is 5.72. The van der Waals surface area contributed by atoms with E-state index in [1.54, 1.807) is 18.2 Å². The SMILES string of the molecule is CCC[C@H](CC(=O)O)c1cccc(OCc2ccc(-c3cc(OC)ccc3F)c(O)c2)c1. The summed E-state index contributed by atoms with van der Waals surface area (Å²) in [5.74, 6) is -0.282. The van der Waals surface area contributed by atoms with Gasteiger partial charge in [-0.2, -0.15) is 0 Å². The molecule has 0 aliphatic carbocycles. The van der Waals surface area contributed by atoms with Crippen LogP contribution in [-0.4, -0.2) is 23.3 Å². The second-order valence-corrected chi connectivity index (χ2v) is 7.64. The van der Waals surface area contributed by atoms with Gasteiger partial charge in [0.15, 0.2) is 0 Å². The second kappa shape index (κ2) is 10.7. The molecule has 0 unspecified atom stereocenters. The Bertz CT molecular complexity index is 1080. The predicted octanol–water partition coefficient (Wildman–Crippen LogP) is 6.14. The first-order valence-electron chi connectivity index (χ1n) is 10.5. The van der Waals surface area contributed by atoms with Crippen LogP contribution in [-0.2, 0) is 11.4 Å². The molecule has 6 heteroatoms. The van der Waals surface area contributed by atoms with Crippen molar-refractivity contribution in [2.24, 2.45) is 0 Å². The van der Waals surface area contributed by atoms with E-state index >= 15 is 0 Å². The topological polar surface area (TPSA) is 76.0 Å². The zero-order valence-electron chi connectivity index (χ0n) is 18.2. The number of benzene rings is 3. The Morgan fingerprint density at radius 1 is 1.03 bits per heavy atom. The van der Waals surface area contributed by atoms with Crippen molar-refractivity contribution in [2.75, 3.05) is 7.11 Å². The van der Waals surface area contributed by atoms with Crippen LogP contribution in [0.1, 0.15) is 43.2 Å². The molecule has 0 aromatic heterocycles. The van der Waals surface area contributed by atoms with E-state index in [4.69, 9.17) is 9.47 Å². The number of rotatable bonds is 10. The van der Waals surface area contributed by atoms with E-state index in [0.29, 0.717) is 17.1 Å². The average molecular weight is 438 g/mol. The van der Waals surface area contributed by atoms with Gasteiger partial charge < -0.3 is 19.7 Å². The van der Waals surface area contributed by atoms with Gasteiger partial charge in [-0.25, -0.2) is 4.39 Å². The third kappa shape index (κ3) is 5.78. The molecular formula is C26H27FO5.